The van der Waals surface area contributed by atoms with Crippen molar-refractivity contribution in [2.45, 2.75) is 19.1 Å². The summed E-state index contributed by atoms with van der Waals surface area (Å²) < 4.78 is 6.60. The normalized spacial score (nSPS) is 20.7. The summed E-state index contributed by atoms with van der Waals surface area (Å²) in [7, 11) is 1.72. The molecule has 0 amide bonds. The highest BCUT2D eigenvalue weighted by Crippen LogP contribution is 2.27. The molecule has 2 aromatic rings. The van der Waals surface area contributed by atoms with E-state index in [1.165, 1.54) is 0 Å². The van der Waals surface area contributed by atoms with Crippen LogP contribution in [0.3, 0.4) is 0 Å². The molecule has 0 saturated carbocycles. The van der Waals surface area contributed by atoms with Crippen LogP contribution in [-0.2, 0) is 4.74 Å². The van der Waals surface area contributed by atoms with Crippen LogP contribution in [0.25, 0.3) is 0 Å². The molecule has 122 valence electrons. The van der Waals surface area contributed by atoms with Crippen LogP contribution in [0.5, 0.6) is 0 Å². The highest BCUT2D eigenvalue weighted by atomic mass is 79.9. The van der Waals surface area contributed by atoms with E-state index in [1.54, 1.807) is 19.5 Å². The summed E-state index contributed by atoms with van der Waals surface area (Å²) >= 11 is 3.58. The highest BCUT2D eigenvalue weighted by molar-refractivity contribution is 9.10. The minimum Gasteiger partial charge on any atom is -0.377 e. The van der Waals surface area contributed by atoms with Gasteiger partial charge in [-0.05, 0) is 40.5 Å². The van der Waals surface area contributed by atoms with Crippen LogP contribution in [0.15, 0.2) is 29.0 Å². The zero-order valence-electron chi connectivity index (χ0n) is 13.0. The Labute approximate surface area is 143 Å². The number of hydrogen-bond donors (Lipinski definition) is 2. The van der Waals surface area contributed by atoms with Gasteiger partial charge in [0, 0.05) is 32.6 Å². The Balaban J connectivity index is 1.78. The van der Waals surface area contributed by atoms with E-state index in [1.807, 2.05) is 19.1 Å². The van der Waals surface area contributed by atoms with Crippen LogP contribution in [0.1, 0.15) is 5.56 Å². The fourth-order valence-corrected chi connectivity index (χ4v) is 3.04. The van der Waals surface area contributed by atoms with Crippen LogP contribution in [0, 0.1) is 6.92 Å². The molecule has 0 radical (unpaired) electrons. The van der Waals surface area contributed by atoms with Gasteiger partial charge in [-0.1, -0.05) is 0 Å². The van der Waals surface area contributed by atoms with E-state index >= 15 is 0 Å². The minimum atomic E-state index is 0.0282. The minimum absolute atomic E-state index is 0.0282. The van der Waals surface area contributed by atoms with Crippen molar-refractivity contribution in [1.82, 2.24) is 15.0 Å². The van der Waals surface area contributed by atoms with E-state index in [9.17, 15) is 0 Å². The number of anilines is 3. The number of nitrogen functional groups attached to an aromatic ring is 1. The maximum absolute atomic E-state index is 5.68. The molecular weight excluding hydrogens is 360 g/mol. The van der Waals surface area contributed by atoms with Gasteiger partial charge < -0.3 is 20.7 Å². The average Bonchev–Trinajstić information content (AvgIpc) is 2.95. The third kappa shape index (κ3) is 3.37. The molecule has 0 unspecified atom stereocenters. The first-order chi connectivity index (χ1) is 11.1. The number of nitrogens with zero attached hydrogens (tertiary/aromatic N) is 4. The maximum Gasteiger partial charge on any atom is 0.221 e. The Hall–Kier alpha value is -1.93. The molecule has 0 aromatic carbocycles. The van der Waals surface area contributed by atoms with Crippen molar-refractivity contribution in [2.24, 2.45) is 0 Å². The monoisotopic (exact) mass is 378 g/mol. The largest absolute Gasteiger partial charge is 0.377 e. The van der Waals surface area contributed by atoms with E-state index in [4.69, 9.17) is 10.5 Å². The molecule has 3 N–H and O–H groups in total. The Morgan fingerprint density at radius 2 is 2.09 bits per heavy atom. The molecule has 1 fully saturated rings. The van der Waals surface area contributed by atoms with E-state index in [0.29, 0.717) is 0 Å². The molecule has 1 aliphatic heterocycles. The van der Waals surface area contributed by atoms with Gasteiger partial charge in [0.25, 0.3) is 0 Å². The van der Waals surface area contributed by atoms with Gasteiger partial charge in [0.2, 0.25) is 5.95 Å². The number of ether oxygens (including phenoxy) is 1. The van der Waals surface area contributed by atoms with Gasteiger partial charge in [0.05, 0.1) is 16.6 Å². The first-order valence-electron chi connectivity index (χ1n) is 7.32. The smallest absolute Gasteiger partial charge is 0.221 e. The quantitative estimate of drug-likeness (QED) is 0.838. The zero-order valence-corrected chi connectivity index (χ0v) is 14.6. The van der Waals surface area contributed by atoms with Gasteiger partial charge in [-0.3, -0.25) is 0 Å². The first kappa shape index (κ1) is 15.9. The molecular formula is C15H19BrN6O. The standard InChI is InChI=1S/C15H19BrN6O/c1-9-3-5-18-14(13(9)16)20-10-7-22(8-11(10)23-2)12-4-6-19-15(17)21-12/h3-6,10-11H,7-8H2,1-2H3,(H,18,20)(H2,17,19,21)/t10-,11+/m0/s1. The summed E-state index contributed by atoms with van der Waals surface area (Å²) in [5, 5.41) is 3.47. The molecule has 3 rings (SSSR count). The van der Waals surface area contributed by atoms with Gasteiger partial charge >= 0.3 is 0 Å². The lowest BCUT2D eigenvalue weighted by molar-refractivity contribution is 0.113. The number of pyridine rings is 1. The lowest BCUT2D eigenvalue weighted by Crippen LogP contribution is -2.34. The molecule has 2 aromatic heterocycles. The number of rotatable bonds is 4. The second kappa shape index (κ2) is 6.67. The Morgan fingerprint density at radius 1 is 1.30 bits per heavy atom. The fourth-order valence-electron chi connectivity index (χ4n) is 2.69. The van der Waals surface area contributed by atoms with Crippen molar-refractivity contribution < 1.29 is 4.74 Å². The number of aromatic nitrogens is 3. The van der Waals surface area contributed by atoms with Crippen LogP contribution < -0.4 is 16.0 Å². The fraction of sp³-hybridized carbons (Fsp3) is 0.400. The summed E-state index contributed by atoms with van der Waals surface area (Å²) in [6, 6.07) is 3.92. The van der Waals surface area contributed by atoms with E-state index in [-0.39, 0.29) is 18.1 Å². The van der Waals surface area contributed by atoms with E-state index in [2.05, 4.69) is 41.1 Å². The molecule has 23 heavy (non-hydrogen) atoms. The average molecular weight is 379 g/mol. The molecule has 0 aliphatic carbocycles. The summed E-state index contributed by atoms with van der Waals surface area (Å²) in [5.74, 6) is 1.90. The van der Waals surface area contributed by atoms with Crippen LogP contribution in [0.2, 0.25) is 0 Å². The molecule has 2 atom stereocenters. The van der Waals surface area contributed by atoms with Gasteiger partial charge in [-0.2, -0.15) is 4.98 Å². The molecule has 3 heterocycles. The summed E-state index contributed by atoms with van der Waals surface area (Å²) in [4.78, 5) is 14.8. The van der Waals surface area contributed by atoms with Gasteiger partial charge in [0.15, 0.2) is 0 Å². The number of methoxy groups -OCH3 is 1. The number of halogens is 1. The number of aryl methyl sites for hydroxylation is 1. The maximum atomic E-state index is 5.68. The predicted molar refractivity (Wildman–Crippen MR) is 93.5 cm³/mol. The molecule has 0 spiro atoms. The lowest BCUT2D eigenvalue weighted by Gasteiger charge is -2.20. The predicted octanol–water partition coefficient (Wildman–Crippen LogP) is 1.84. The topological polar surface area (TPSA) is 89.2 Å². The zero-order chi connectivity index (χ0) is 16.4. The Kier molecular flexibility index (Phi) is 4.63. The van der Waals surface area contributed by atoms with Gasteiger partial charge in [-0.15, -0.1) is 0 Å². The van der Waals surface area contributed by atoms with Crippen molar-refractivity contribution in [3.05, 3.63) is 34.6 Å². The van der Waals surface area contributed by atoms with Crippen molar-refractivity contribution in [1.29, 1.82) is 0 Å². The Morgan fingerprint density at radius 3 is 2.83 bits per heavy atom. The molecule has 1 saturated heterocycles. The van der Waals surface area contributed by atoms with Crippen molar-refractivity contribution in [2.75, 3.05) is 36.1 Å². The van der Waals surface area contributed by atoms with E-state index in [0.717, 1.165) is 34.8 Å². The molecule has 7 nitrogen and oxygen atoms in total. The first-order valence-corrected chi connectivity index (χ1v) is 8.11. The summed E-state index contributed by atoms with van der Waals surface area (Å²) in [6.07, 6.45) is 3.49. The third-order valence-electron chi connectivity index (χ3n) is 3.96. The molecule has 8 heteroatoms. The number of nitrogens with two attached hydrogens (primary N) is 1. The second-order valence-corrected chi connectivity index (χ2v) is 6.29. The molecule has 1 aliphatic rings. The second-order valence-electron chi connectivity index (χ2n) is 5.49. The van der Waals surface area contributed by atoms with Crippen molar-refractivity contribution in [3.8, 4) is 0 Å². The van der Waals surface area contributed by atoms with Crippen molar-refractivity contribution in [3.63, 3.8) is 0 Å². The van der Waals surface area contributed by atoms with E-state index < -0.39 is 0 Å². The lowest BCUT2D eigenvalue weighted by atomic mass is 10.2. The number of nitrogens with one attached hydrogen (secondary N) is 1. The molecule has 0 bridgehead atoms. The Bertz CT molecular complexity index is 697. The van der Waals surface area contributed by atoms with Crippen LogP contribution in [0.4, 0.5) is 17.6 Å². The van der Waals surface area contributed by atoms with Crippen molar-refractivity contribution >= 4 is 33.5 Å². The SMILES string of the molecule is CO[C@@H]1CN(c2ccnc(N)n2)C[C@@H]1Nc1nccc(C)c1Br. The van der Waals surface area contributed by atoms with Gasteiger partial charge in [0.1, 0.15) is 11.6 Å². The summed E-state index contributed by atoms with van der Waals surface area (Å²) in [6.45, 7) is 3.51. The third-order valence-corrected chi connectivity index (χ3v) is 4.96. The number of hydrogen-bond acceptors (Lipinski definition) is 7. The highest BCUT2D eigenvalue weighted by Gasteiger charge is 2.34. The van der Waals surface area contributed by atoms with Crippen LogP contribution in [-0.4, -0.2) is 47.3 Å². The summed E-state index contributed by atoms with van der Waals surface area (Å²) in [5.41, 5.74) is 6.81. The van der Waals surface area contributed by atoms with Crippen LogP contribution >= 0.6 is 15.9 Å². The van der Waals surface area contributed by atoms with Gasteiger partial charge in [-0.25, -0.2) is 9.97 Å².